The number of hydrogen-bond donors (Lipinski definition) is 4. The van der Waals surface area contributed by atoms with Crippen molar-refractivity contribution < 1.29 is 0 Å². The fourth-order valence-corrected chi connectivity index (χ4v) is 2.64. The van der Waals surface area contributed by atoms with Crippen LogP contribution in [0, 0.1) is 0 Å². The Bertz CT molecular complexity index is 553. The Balaban J connectivity index is 2.64. The van der Waals surface area contributed by atoms with Crippen molar-refractivity contribution in [3.63, 3.8) is 0 Å². The van der Waals surface area contributed by atoms with Gasteiger partial charge in [-0.05, 0) is 29.4 Å². The molecule has 26 heavy (non-hydrogen) atoms. The summed E-state index contributed by atoms with van der Waals surface area (Å²) in [5.74, 6) is 0.282. The van der Waals surface area contributed by atoms with E-state index >= 15 is 0 Å². The Labute approximate surface area is 157 Å². The Morgan fingerprint density at radius 1 is 0.846 bits per heavy atom. The van der Waals surface area contributed by atoms with E-state index in [4.69, 9.17) is 22.9 Å². The quantitative estimate of drug-likeness (QED) is 0.281. The maximum absolute atomic E-state index is 5.38. The van der Waals surface area contributed by atoms with E-state index in [1.165, 1.54) is 11.1 Å². The van der Waals surface area contributed by atoms with Crippen LogP contribution in [0.15, 0.2) is 34.3 Å². The van der Waals surface area contributed by atoms with Crippen LogP contribution in [0.1, 0.15) is 44.7 Å². The number of nitrogens with zero attached hydrogens (tertiary/aromatic N) is 3. The van der Waals surface area contributed by atoms with E-state index in [9.17, 15) is 0 Å². The van der Waals surface area contributed by atoms with Crippen molar-refractivity contribution in [2.75, 3.05) is 26.2 Å². The van der Waals surface area contributed by atoms with E-state index < -0.39 is 0 Å². The minimum atomic E-state index is 0.141. The molecular weight excluding hydrogens is 326 g/mol. The highest BCUT2D eigenvalue weighted by Crippen LogP contribution is 2.22. The molecule has 7 heteroatoms. The minimum Gasteiger partial charge on any atom is -0.370 e. The number of guanidine groups is 2. The molecule has 8 N–H and O–H groups in total. The van der Waals surface area contributed by atoms with Crippen LogP contribution in [0.2, 0.25) is 0 Å². The third kappa shape index (κ3) is 9.27. The van der Waals surface area contributed by atoms with Gasteiger partial charge in [-0.3, -0.25) is 14.9 Å². The summed E-state index contributed by atoms with van der Waals surface area (Å²) >= 11 is 0. The maximum atomic E-state index is 5.38. The highest BCUT2D eigenvalue weighted by Gasteiger charge is 2.13. The molecular formula is C19H35N7. The second-order valence-electron chi connectivity index (χ2n) is 7.54. The summed E-state index contributed by atoms with van der Waals surface area (Å²) in [5.41, 5.74) is 24.3. The van der Waals surface area contributed by atoms with Gasteiger partial charge < -0.3 is 22.9 Å². The fourth-order valence-electron chi connectivity index (χ4n) is 2.64. The Kier molecular flexibility index (Phi) is 8.92. The molecule has 1 aromatic carbocycles. The number of benzene rings is 1. The smallest absolute Gasteiger partial charge is 0.185 e. The monoisotopic (exact) mass is 361 g/mol. The number of hydrogen-bond acceptors (Lipinski definition) is 3. The van der Waals surface area contributed by atoms with Crippen LogP contribution in [-0.4, -0.2) is 43.0 Å². The van der Waals surface area contributed by atoms with Gasteiger partial charge >= 0.3 is 0 Å². The molecule has 0 fully saturated rings. The van der Waals surface area contributed by atoms with Crippen molar-refractivity contribution in [2.45, 2.75) is 45.6 Å². The normalized spacial score (nSPS) is 11.4. The summed E-state index contributed by atoms with van der Waals surface area (Å²) in [6, 6.07) is 8.85. The molecule has 0 spiro atoms. The van der Waals surface area contributed by atoms with E-state index in [0.717, 1.165) is 32.5 Å². The van der Waals surface area contributed by atoms with E-state index in [-0.39, 0.29) is 17.3 Å². The van der Waals surface area contributed by atoms with Crippen molar-refractivity contribution in [2.24, 2.45) is 32.9 Å². The first-order chi connectivity index (χ1) is 12.2. The van der Waals surface area contributed by atoms with Crippen LogP contribution in [0.25, 0.3) is 0 Å². The van der Waals surface area contributed by atoms with Gasteiger partial charge in [0.2, 0.25) is 0 Å². The third-order valence-electron chi connectivity index (χ3n) is 4.08. The molecule has 0 unspecified atom stereocenters. The van der Waals surface area contributed by atoms with Gasteiger partial charge in [0.25, 0.3) is 0 Å². The Morgan fingerprint density at radius 3 is 1.69 bits per heavy atom. The zero-order chi connectivity index (χ0) is 19.6. The highest BCUT2D eigenvalue weighted by atomic mass is 15.1. The summed E-state index contributed by atoms with van der Waals surface area (Å²) < 4.78 is 0. The molecule has 0 saturated carbocycles. The van der Waals surface area contributed by atoms with E-state index in [2.05, 4.69) is 59.9 Å². The lowest BCUT2D eigenvalue weighted by Crippen LogP contribution is -2.28. The van der Waals surface area contributed by atoms with Gasteiger partial charge in [-0.15, -0.1) is 0 Å². The first kappa shape index (κ1) is 21.8. The summed E-state index contributed by atoms with van der Waals surface area (Å²) in [6.45, 7) is 10.7. The SMILES string of the molecule is CC(C)(C)c1ccc(CN(CCCN=C(N)N)CCCN=C(N)N)cc1. The molecule has 0 heterocycles. The minimum absolute atomic E-state index is 0.141. The first-order valence-corrected chi connectivity index (χ1v) is 9.11. The van der Waals surface area contributed by atoms with Crippen molar-refractivity contribution in [3.05, 3.63) is 35.4 Å². The van der Waals surface area contributed by atoms with Gasteiger partial charge in [-0.25, -0.2) is 0 Å². The van der Waals surface area contributed by atoms with Gasteiger partial charge in [-0.2, -0.15) is 0 Å². The lowest BCUT2D eigenvalue weighted by Gasteiger charge is -2.23. The van der Waals surface area contributed by atoms with Crippen molar-refractivity contribution in [1.82, 2.24) is 4.90 Å². The standard InChI is InChI=1S/C19H35N7/c1-19(2,3)16-8-6-15(7-9-16)14-26(12-4-10-24-17(20)21)13-5-11-25-18(22)23/h6-9H,4-5,10-14H2,1-3H3,(H4,20,21,24)(H4,22,23,25). The molecule has 7 nitrogen and oxygen atoms in total. The molecule has 0 aromatic heterocycles. The molecule has 1 rings (SSSR count). The number of aliphatic imine (C=N–C) groups is 2. The molecule has 0 aliphatic heterocycles. The van der Waals surface area contributed by atoms with Gasteiger partial charge in [0.15, 0.2) is 11.9 Å². The topological polar surface area (TPSA) is 132 Å². The van der Waals surface area contributed by atoms with Crippen LogP contribution in [0.4, 0.5) is 0 Å². The molecule has 1 aromatic rings. The summed E-state index contributed by atoms with van der Waals surface area (Å²) in [7, 11) is 0. The van der Waals surface area contributed by atoms with Crippen LogP contribution >= 0.6 is 0 Å². The number of nitrogens with two attached hydrogens (primary N) is 4. The molecule has 0 bridgehead atoms. The van der Waals surface area contributed by atoms with Crippen LogP contribution < -0.4 is 22.9 Å². The molecule has 146 valence electrons. The Hall–Kier alpha value is -2.28. The van der Waals surface area contributed by atoms with Crippen LogP contribution in [-0.2, 0) is 12.0 Å². The average Bonchev–Trinajstić information content (AvgIpc) is 2.54. The maximum Gasteiger partial charge on any atom is 0.185 e. The van der Waals surface area contributed by atoms with Crippen molar-refractivity contribution >= 4 is 11.9 Å². The van der Waals surface area contributed by atoms with E-state index in [0.29, 0.717) is 13.1 Å². The second kappa shape index (κ2) is 10.7. The lowest BCUT2D eigenvalue weighted by atomic mass is 9.87. The van der Waals surface area contributed by atoms with Crippen LogP contribution in [0.5, 0.6) is 0 Å². The first-order valence-electron chi connectivity index (χ1n) is 9.11. The van der Waals surface area contributed by atoms with E-state index in [1.54, 1.807) is 0 Å². The molecule has 0 amide bonds. The zero-order valence-corrected chi connectivity index (χ0v) is 16.4. The zero-order valence-electron chi connectivity index (χ0n) is 16.4. The largest absolute Gasteiger partial charge is 0.370 e. The van der Waals surface area contributed by atoms with Crippen molar-refractivity contribution in [1.29, 1.82) is 0 Å². The molecule has 0 radical (unpaired) electrons. The highest BCUT2D eigenvalue weighted by molar-refractivity contribution is 5.75. The predicted octanol–water partition coefficient (Wildman–Crippen LogP) is 1.11. The van der Waals surface area contributed by atoms with Crippen LogP contribution in [0.3, 0.4) is 0 Å². The lowest BCUT2D eigenvalue weighted by molar-refractivity contribution is 0.262. The summed E-state index contributed by atoms with van der Waals surface area (Å²) in [4.78, 5) is 10.5. The van der Waals surface area contributed by atoms with Gasteiger partial charge in [0, 0.05) is 32.7 Å². The van der Waals surface area contributed by atoms with Gasteiger partial charge in [0.05, 0.1) is 0 Å². The van der Waals surface area contributed by atoms with Crippen molar-refractivity contribution in [3.8, 4) is 0 Å². The predicted molar refractivity (Wildman–Crippen MR) is 111 cm³/mol. The third-order valence-corrected chi connectivity index (χ3v) is 4.08. The summed E-state index contributed by atoms with van der Waals surface area (Å²) in [6.07, 6.45) is 1.81. The molecule has 0 atom stereocenters. The van der Waals surface area contributed by atoms with Gasteiger partial charge in [-0.1, -0.05) is 45.0 Å². The number of rotatable bonds is 10. The van der Waals surface area contributed by atoms with E-state index in [1.807, 2.05) is 0 Å². The fraction of sp³-hybridized carbons (Fsp3) is 0.579. The average molecular weight is 362 g/mol. The van der Waals surface area contributed by atoms with Gasteiger partial charge in [0.1, 0.15) is 0 Å². The molecule has 0 aliphatic rings. The molecule has 0 saturated heterocycles. The molecule has 0 aliphatic carbocycles. The Morgan fingerprint density at radius 2 is 1.31 bits per heavy atom. The second-order valence-corrected chi connectivity index (χ2v) is 7.54. The summed E-state index contributed by atoms with van der Waals surface area (Å²) in [5, 5.41) is 0.